The fourth-order valence-corrected chi connectivity index (χ4v) is 3.48. The van der Waals surface area contributed by atoms with E-state index in [0.717, 1.165) is 24.3 Å². The van der Waals surface area contributed by atoms with Gasteiger partial charge in [-0.15, -0.1) is 0 Å². The molecule has 2 aromatic rings. The van der Waals surface area contributed by atoms with Crippen LogP contribution in [0.2, 0.25) is 0 Å². The lowest BCUT2D eigenvalue weighted by Gasteiger charge is -2.23. The zero-order valence-corrected chi connectivity index (χ0v) is 15.9. The predicted octanol–water partition coefficient (Wildman–Crippen LogP) is 7.19. The van der Waals surface area contributed by atoms with Gasteiger partial charge in [0.1, 0.15) is 0 Å². The molecule has 3 rings (SSSR count). The monoisotopic (exact) mass is 424 g/mol. The molecular formula is C23H18F6O. The summed E-state index contributed by atoms with van der Waals surface area (Å²) in [5.41, 5.74) is -0.445. The summed E-state index contributed by atoms with van der Waals surface area (Å²) < 4.78 is 77.6. The number of ketones is 1. The highest BCUT2D eigenvalue weighted by atomic mass is 19.4. The Morgan fingerprint density at radius 3 is 1.53 bits per heavy atom. The molecule has 0 bridgehead atoms. The van der Waals surface area contributed by atoms with Gasteiger partial charge in [0.25, 0.3) is 0 Å². The van der Waals surface area contributed by atoms with Gasteiger partial charge in [0.05, 0.1) is 11.1 Å². The van der Waals surface area contributed by atoms with Crippen molar-refractivity contribution in [2.45, 2.75) is 32.1 Å². The Morgan fingerprint density at radius 2 is 1.17 bits per heavy atom. The average molecular weight is 424 g/mol. The van der Waals surface area contributed by atoms with Crippen LogP contribution in [-0.2, 0) is 17.1 Å². The van der Waals surface area contributed by atoms with Crippen LogP contribution < -0.4 is 0 Å². The maximum atomic E-state index is 12.9. The number of rotatable bonds is 2. The molecule has 158 valence electrons. The number of Topliss-reactive ketones (excluding diaryl/α,β-unsaturated/α-hetero) is 1. The molecule has 1 nitrogen and oxygen atoms in total. The first-order valence-corrected chi connectivity index (χ1v) is 9.24. The molecule has 0 aromatic heterocycles. The van der Waals surface area contributed by atoms with Gasteiger partial charge in [-0.2, -0.15) is 26.3 Å². The average Bonchev–Trinajstić information content (AvgIpc) is 2.64. The Bertz CT molecular complexity index is 931. The maximum absolute atomic E-state index is 12.9. The number of alkyl halides is 6. The molecule has 1 atom stereocenters. The third kappa shape index (κ3) is 5.20. The van der Waals surface area contributed by atoms with Crippen LogP contribution in [0.25, 0.3) is 12.2 Å². The number of hydrogen-bond acceptors (Lipinski definition) is 1. The van der Waals surface area contributed by atoms with E-state index >= 15 is 0 Å². The summed E-state index contributed by atoms with van der Waals surface area (Å²) in [6, 6.07) is 9.33. The van der Waals surface area contributed by atoms with Crippen LogP contribution in [0, 0.1) is 5.92 Å². The number of halogens is 6. The summed E-state index contributed by atoms with van der Waals surface area (Å²) in [6.45, 7) is 1.88. The van der Waals surface area contributed by atoms with Crippen LogP contribution in [0.15, 0.2) is 59.7 Å². The van der Waals surface area contributed by atoms with Gasteiger partial charge in [-0.1, -0.05) is 31.2 Å². The Kier molecular flexibility index (Phi) is 5.92. The second kappa shape index (κ2) is 8.13. The Hall–Kier alpha value is -2.83. The van der Waals surface area contributed by atoms with E-state index in [1.165, 1.54) is 36.4 Å². The summed E-state index contributed by atoms with van der Waals surface area (Å²) in [5.74, 6) is -0.334. The van der Waals surface area contributed by atoms with E-state index in [9.17, 15) is 31.1 Å². The van der Waals surface area contributed by atoms with E-state index < -0.39 is 23.5 Å². The van der Waals surface area contributed by atoms with Crippen LogP contribution in [0.1, 0.15) is 42.0 Å². The van der Waals surface area contributed by atoms with Crippen molar-refractivity contribution < 1.29 is 31.1 Å². The van der Waals surface area contributed by atoms with Gasteiger partial charge in [0, 0.05) is 11.1 Å². The molecule has 0 heterocycles. The van der Waals surface area contributed by atoms with Gasteiger partial charge in [0.2, 0.25) is 0 Å². The fraction of sp³-hybridized carbons (Fsp3) is 0.261. The van der Waals surface area contributed by atoms with Crippen LogP contribution >= 0.6 is 0 Å². The second-order valence-corrected chi connectivity index (χ2v) is 7.43. The van der Waals surface area contributed by atoms with Crippen LogP contribution in [-0.4, -0.2) is 5.78 Å². The first-order chi connectivity index (χ1) is 13.9. The zero-order valence-electron chi connectivity index (χ0n) is 15.9. The van der Waals surface area contributed by atoms with E-state index in [1.807, 2.05) is 6.92 Å². The molecule has 0 N–H and O–H groups in total. The van der Waals surface area contributed by atoms with Crippen molar-refractivity contribution >= 4 is 17.9 Å². The molecule has 1 aliphatic rings. The van der Waals surface area contributed by atoms with Gasteiger partial charge >= 0.3 is 12.4 Å². The molecule has 1 fully saturated rings. The third-order valence-electron chi connectivity index (χ3n) is 4.83. The highest BCUT2D eigenvalue weighted by Gasteiger charge is 2.32. The quantitative estimate of drug-likeness (QED) is 0.368. The molecule has 30 heavy (non-hydrogen) atoms. The van der Waals surface area contributed by atoms with Crippen LogP contribution in [0.5, 0.6) is 0 Å². The number of carbonyl (C=O) groups excluding carboxylic acids is 1. The lowest BCUT2D eigenvalue weighted by molar-refractivity contribution is -0.138. The van der Waals surface area contributed by atoms with Gasteiger partial charge in [0.15, 0.2) is 5.78 Å². The standard InChI is InChI=1S/C23H18F6O/c1-14-8-17(10-15-4-2-6-19(12-15)22(24,25)26)21(30)18(9-14)11-16-5-3-7-20(13-16)23(27,28)29/h2-7,10-14H,8-9H2,1H3/b17-10-,18-11+. The topological polar surface area (TPSA) is 17.1 Å². The molecule has 0 radical (unpaired) electrons. The molecule has 2 aromatic carbocycles. The summed E-state index contributed by atoms with van der Waals surface area (Å²) in [7, 11) is 0. The predicted molar refractivity (Wildman–Crippen MR) is 102 cm³/mol. The lowest BCUT2D eigenvalue weighted by Crippen LogP contribution is -2.18. The van der Waals surface area contributed by atoms with Crippen LogP contribution in [0.4, 0.5) is 26.3 Å². The molecule has 0 aliphatic heterocycles. The smallest absolute Gasteiger partial charge is 0.289 e. The van der Waals surface area contributed by atoms with Gasteiger partial charge < -0.3 is 0 Å². The molecule has 0 spiro atoms. The minimum Gasteiger partial charge on any atom is -0.289 e. The first kappa shape index (κ1) is 21.9. The lowest BCUT2D eigenvalue weighted by atomic mass is 9.80. The minimum atomic E-state index is -4.49. The molecule has 7 heteroatoms. The maximum Gasteiger partial charge on any atom is 0.416 e. The summed E-state index contributed by atoms with van der Waals surface area (Å²) in [4.78, 5) is 12.9. The number of allylic oxidation sites excluding steroid dienone is 2. The highest BCUT2D eigenvalue weighted by molar-refractivity contribution is 6.14. The summed E-state index contributed by atoms with van der Waals surface area (Å²) in [5, 5.41) is 0. The minimum absolute atomic E-state index is 0.0248. The molecule has 0 amide bonds. The van der Waals surface area contributed by atoms with Crippen molar-refractivity contribution in [3.05, 3.63) is 81.9 Å². The molecule has 1 aliphatic carbocycles. The zero-order chi connectivity index (χ0) is 22.1. The molecular weight excluding hydrogens is 406 g/mol. The molecule has 1 unspecified atom stereocenters. The number of carbonyl (C=O) groups is 1. The van der Waals surface area contributed by atoms with Gasteiger partial charge in [-0.05, 0) is 66.3 Å². The highest BCUT2D eigenvalue weighted by Crippen LogP contribution is 2.35. The van der Waals surface area contributed by atoms with Crippen molar-refractivity contribution in [2.24, 2.45) is 5.92 Å². The Morgan fingerprint density at radius 1 is 0.767 bits per heavy atom. The van der Waals surface area contributed by atoms with Crippen LogP contribution in [0.3, 0.4) is 0 Å². The van der Waals surface area contributed by atoms with Crippen molar-refractivity contribution in [3.8, 4) is 0 Å². The van der Waals surface area contributed by atoms with E-state index in [0.29, 0.717) is 24.0 Å². The van der Waals surface area contributed by atoms with Crippen molar-refractivity contribution in [1.29, 1.82) is 0 Å². The largest absolute Gasteiger partial charge is 0.416 e. The molecule has 1 saturated carbocycles. The molecule has 0 saturated heterocycles. The SMILES string of the molecule is CC1C/C(=C/c2cccc(C(F)(F)F)c2)C(=O)/C(=C/c2cccc(C(F)(F)F)c2)C1. The van der Waals surface area contributed by atoms with Gasteiger partial charge in [-0.3, -0.25) is 4.79 Å². The third-order valence-corrected chi connectivity index (χ3v) is 4.83. The van der Waals surface area contributed by atoms with Gasteiger partial charge in [-0.25, -0.2) is 0 Å². The van der Waals surface area contributed by atoms with E-state index in [2.05, 4.69) is 0 Å². The second-order valence-electron chi connectivity index (χ2n) is 7.43. The van der Waals surface area contributed by atoms with E-state index in [1.54, 1.807) is 0 Å². The van der Waals surface area contributed by atoms with E-state index in [4.69, 9.17) is 0 Å². The Labute approximate surface area is 169 Å². The van der Waals surface area contributed by atoms with Crippen molar-refractivity contribution in [3.63, 3.8) is 0 Å². The first-order valence-electron chi connectivity index (χ1n) is 9.24. The number of hydrogen-bond donors (Lipinski definition) is 0. The Balaban J connectivity index is 1.94. The summed E-state index contributed by atoms with van der Waals surface area (Å²) >= 11 is 0. The normalized spacial score (nSPS) is 20.8. The van der Waals surface area contributed by atoms with Crippen molar-refractivity contribution in [2.75, 3.05) is 0 Å². The van der Waals surface area contributed by atoms with E-state index in [-0.39, 0.29) is 22.8 Å². The number of benzene rings is 2. The summed E-state index contributed by atoms with van der Waals surface area (Å²) in [6.07, 6.45) is -5.37. The van der Waals surface area contributed by atoms with Crippen molar-refractivity contribution in [1.82, 2.24) is 0 Å². The fourth-order valence-electron chi connectivity index (χ4n) is 3.48.